The van der Waals surface area contributed by atoms with Gasteiger partial charge in [-0.1, -0.05) is 12.1 Å². The number of rotatable bonds is 1. The van der Waals surface area contributed by atoms with Crippen LogP contribution in [0.2, 0.25) is 0 Å². The topological polar surface area (TPSA) is 49.8 Å². The van der Waals surface area contributed by atoms with Crippen LogP contribution < -0.4 is 5.73 Å². The average molecular weight is 158 g/mol. The van der Waals surface area contributed by atoms with Crippen molar-refractivity contribution in [3.05, 3.63) is 35.4 Å². The van der Waals surface area contributed by atoms with Gasteiger partial charge in [-0.05, 0) is 30.5 Å². The van der Waals surface area contributed by atoms with Crippen molar-refractivity contribution in [3.63, 3.8) is 0 Å². The fraction of sp³-hybridized carbons (Fsp3) is 0.300. The lowest BCUT2D eigenvalue weighted by Gasteiger charge is -2.07. The number of nitrogens with two attached hydrogens (primary N) is 1. The predicted octanol–water partition coefficient (Wildman–Crippen LogP) is 1.51. The third kappa shape index (κ3) is 1.09. The maximum absolute atomic E-state index is 8.57. The molecule has 0 spiro atoms. The minimum Gasteiger partial charge on any atom is -0.321 e. The monoisotopic (exact) mass is 158 g/mol. The summed E-state index contributed by atoms with van der Waals surface area (Å²) in [6.07, 6.45) is 2.14. The average Bonchev–Trinajstić information content (AvgIpc) is 2.85. The summed E-state index contributed by atoms with van der Waals surface area (Å²) >= 11 is 0. The molecule has 0 saturated heterocycles. The molecule has 12 heavy (non-hydrogen) atoms. The second kappa shape index (κ2) is 2.33. The molecular weight excluding hydrogens is 148 g/mol. The van der Waals surface area contributed by atoms with E-state index in [-0.39, 0.29) is 5.54 Å². The van der Waals surface area contributed by atoms with E-state index in [2.05, 4.69) is 6.07 Å². The molecule has 2 N–H and O–H groups in total. The Balaban J connectivity index is 2.32. The van der Waals surface area contributed by atoms with Gasteiger partial charge in [0.1, 0.15) is 0 Å². The molecular formula is C10H10N2. The highest BCUT2D eigenvalue weighted by molar-refractivity contribution is 5.36. The van der Waals surface area contributed by atoms with Crippen LogP contribution in [0.4, 0.5) is 0 Å². The normalized spacial score (nSPS) is 18.3. The van der Waals surface area contributed by atoms with Gasteiger partial charge in [0.15, 0.2) is 0 Å². The van der Waals surface area contributed by atoms with E-state index in [0.717, 1.165) is 18.4 Å². The molecule has 0 aliphatic heterocycles. The van der Waals surface area contributed by atoms with Crippen LogP contribution in [0.1, 0.15) is 24.0 Å². The molecule has 2 rings (SSSR count). The highest BCUT2D eigenvalue weighted by Gasteiger charge is 2.39. The molecule has 1 saturated carbocycles. The Morgan fingerprint density at radius 2 is 1.83 bits per heavy atom. The zero-order chi connectivity index (χ0) is 8.60. The van der Waals surface area contributed by atoms with Crippen LogP contribution in [0.15, 0.2) is 24.3 Å². The number of nitrogens with zero attached hydrogens (tertiary/aromatic N) is 1. The fourth-order valence-electron chi connectivity index (χ4n) is 1.30. The number of benzene rings is 1. The Morgan fingerprint density at radius 3 is 2.25 bits per heavy atom. The highest BCUT2D eigenvalue weighted by Crippen LogP contribution is 2.42. The lowest BCUT2D eigenvalue weighted by atomic mass is 10.0. The van der Waals surface area contributed by atoms with Crippen LogP contribution in [0.3, 0.4) is 0 Å². The summed E-state index contributed by atoms with van der Waals surface area (Å²) < 4.78 is 0. The van der Waals surface area contributed by atoms with E-state index in [1.165, 1.54) is 0 Å². The van der Waals surface area contributed by atoms with Gasteiger partial charge < -0.3 is 5.73 Å². The molecule has 0 aromatic heterocycles. The largest absolute Gasteiger partial charge is 0.321 e. The van der Waals surface area contributed by atoms with Gasteiger partial charge >= 0.3 is 0 Å². The third-order valence-electron chi connectivity index (χ3n) is 2.38. The van der Waals surface area contributed by atoms with Crippen molar-refractivity contribution in [1.29, 1.82) is 5.26 Å². The van der Waals surface area contributed by atoms with Crippen molar-refractivity contribution < 1.29 is 0 Å². The SMILES string of the molecule is N#Cc1ccc(C2(N)CC2)cc1. The third-order valence-corrected chi connectivity index (χ3v) is 2.38. The smallest absolute Gasteiger partial charge is 0.0991 e. The molecule has 2 nitrogen and oxygen atoms in total. The number of nitriles is 1. The van der Waals surface area contributed by atoms with Crippen molar-refractivity contribution in [2.24, 2.45) is 5.73 Å². The van der Waals surface area contributed by atoms with Crippen LogP contribution in [0.5, 0.6) is 0 Å². The molecule has 0 heterocycles. The molecule has 0 unspecified atom stereocenters. The van der Waals surface area contributed by atoms with Crippen molar-refractivity contribution in [2.75, 3.05) is 0 Å². The fourth-order valence-corrected chi connectivity index (χ4v) is 1.30. The Hall–Kier alpha value is -1.33. The van der Waals surface area contributed by atoms with E-state index in [0.29, 0.717) is 5.56 Å². The Bertz CT molecular complexity index is 328. The Labute approximate surface area is 71.6 Å². The molecule has 1 aliphatic rings. The van der Waals surface area contributed by atoms with E-state index >= 15 is 0 Å². The highest BCUT2D eigenvalue weighted by atomic mass is 14.8. The molecule has 2 heteroatoms. The van der Waals surface area contributed by atoms with Crippen molar-refractivity contribution >= 4 is 0 Å². The standard InChI is InChI=1S/C10H10N2/c11-7-8-1-3-9(4-2-8)10(12)5-6-10/h1-4H,5-6,12H2. The first-order valence-corrected chi connectivity index (χ1v) is 4.04. The van der Waals surface area contributed by atoms with Gasteiger partial charge in [0, 0.05) is 5.54 Å². The quantitative estimate of drug-likeness (QED) is 0.673. The molecule has 0 amide bonds. The van der Waals surface area contributed by atoms with Gasteiger partial charge in [-0.3, -0.25) is 0 Å². The maximum atomic E-state index is 8.57. The van der Waals surface area contributed by atoms with Gasteiger partial charge in [-0.15, -0.1) is 0 Å². The predicted molar refractivity (Wildman–Crippen MR) is 46.3 cm³/mol. The first kappa shape index (κ1) is 7.33. The van der Waals surface area contributed by atoms with E-state index < -0.39 is 0 Å². The van der Waals surface area contributed by atoms with Crippen LogP contribution >= 0.6 is 0 Å². The summed E-state index contributed by atoms with van der Waals surface area (Å²) in [6, 6.07) is 9.63. The van der Waals surface area contributed by atoms with Crippen molar-refractivity contribution in [3.8, 4) is 6.07 Å². The van der Waals surface area contributed by atoms with Crippen molar-refractivity contribution in [2.45, 2.75) is 18.4 Å². The van der Waals surface area contributed by atoms with Crippen molar-refractivity contribution in [1.82, 2.24) is 0 Å². The second-order valence-corrected chi connectivity index (χ2v) is 3.35. The number of hydrogen-bond donors (Lipinski definition) is 1. The molecule has 1 aliphatic carbocycles. The zero-order valence-corrected chi connectivity index (χ0v) is 6.75. The zero-order valence-electron chi connectivity index (χ0n) is 6.75. The van der Waals surface area contributed by atoms with Gasteiger partial charge in [0.05, 0.1) is 11.6 Å². The van der Waals surface area contributed by atoms with E-state index in [9.17, 15) is 0 Å². The molecule has 0 atom stereocenters. The summed E-state index contributed by atoms with van der Waals surface area (Å²) in [7, 11) is 0. The summed E-state index contributed by atoms with van der Waals surface area (Å²) in [5.74, 6) is 0. The van der Waals surface area contributed by atoms with Crippen LogP contribution in [-0.2, 0) is 5.54 Å². The number of hydrogen-bond acceptors (Lipinski definition) is 2. The molecule has 0 bridgehead atoms. The molecule has 0 radical (unpaired) electrons. The van der Waals surface area contributed by atoms with Gasteiger partial charge in [-0.25, -0.2) is 0 Å². The Kier molecular flexibility index (Phi) is 1.42. The minimum atomic E-state index is -0.0754. The van der Waals surface area contributed by atoms with E-state index in [1.807, 2.05) is 24.3 Å². The minimum absolute atomic E-state index is 0.0754. The van der Waals surface area contributed by atoms with Gasteiger partial charge in [0.25, 0.3) is 0 Å². The lowest BCUT2D eigenvalue weighted by molar-refractivity contribution is 0.740. The molecule has 60 valence electrons. The molecule has 1 fully saturated rings. The van der Waals surface area contributed by atoms with Gasteiger partial charge in [-0.2, -0.15) is 5.26 Å². The van der Waals surface area contributed by atoms with Crippen LogP contribution in [0, 0.1) is 11.3 Å². The summed E-state index contributed by atoms with van der Waals surface area (Å²) in [5, 5.41) is 8.57. The second-order valence-electron chi connectivity index (χ2n) is 3.35. The summed E-state index contributed by atoms with van der Waals surface area (Å²) in [6.45, 7) is 0. The maximum Gasteiger partial charge on any atom is 0.0991 e. The Morgan fingerprint density at radius 1 is 1.25 bits per heavy atom. The first-order valence-electron chi connectivity index (χ1n) is 4.04. The lowest BCUT2D eigenvalue weighted by Crippen LogP contribution is -2.18. The van der Waals surface area contributed by atoms with E-state index in [1.54, 1.807) is 0 Å². The van der Waals surface area contributed by atoms with Crippen LogP contribution in [-0.4, -0.2) is 0 Å². The van der Waals surface area contributed by atoms with Gasteiger partial charge in [0.2, 0.25) is 0 Å². The molecule has 1 aromatic carbocycles. The summed E-state index contributed by atoms with van der Waals surface area (Å²) in [4.78, 5) is 0. The first-order chi connectivity index (χ1) is 5.74. The summed E-state index contributed by atoms with van der Waals surface area (Å²) in [5.41, 5.74) is 7.75. The van der Waals surface area contributed by atoms with E-state index in [4.69, 9.17) is 11.0 Å². The molecule has 1 aromatic rings. The van der Waals surface area contributed by atoms with Crippen LogP contribution in [0.25, 0.3) is 0 Å².